The Morgan fingerprint density at radius 1 is 1.07 bits per heavy atom. The van der Waals surface area contributed by atoms with Gasteiger partial charge in [-0.1, -0.05) is 25.5 Å². The van der Waals surface area contributed by atoms with Crippen LogP contribution >= 0.6 is 0 Å². The summed E-state index contributed by atoms with van der Waals surface area (Å²) in [5.74, 6) is 2.57. The molecule has 0 N–H and O–H groups in total. The van der Waals surface area contributed by atoms with Gasteiger partial charge >= 0.3 is 11.9 Å². The molecule has 4 fully saturated rings. The largest absolute Gasteiger partial charge is 0.462 e. The Kier molecular flexibility index (Phi) is 4.69. The Labute approximate surface area is 181 Å². The zero-order chi connectivity index (χ0) is 21.3. The Morgan fingerprint density at radius 2 is 1.87 bits per heavy atom. The van der Waals surface area contributed by atoms with Crippen molar-refractivity contribution in [3.8, 4) is 0 Å². The number of rotatable bonds is 2. The topological polar surface area (TPSA) is 52.6 Å². The molecule has 8 atom stereocenters. The molecule has 5 unspecified atom stereocenters. The minimum atomic E-state index is -0.255. The van der Waals surface area contributed by atoms with Crippen LogP contribution in [0.25, 0.3) is 0 Å². The molecule has 5 rings (SSSR count). The van der Waals surface area contributed by atoms with E-state index < -0.39 is 0 Å². The average Bonchev–Trinajstić information content (AvgIpc) is 3.21. The number of allylic oxidation sites excluding steroid dienone is 1. The number of ether oxygens (including phenoxy) is 2. The summed E-state index contributed by atoms with van der Waals surface area (Å²) in [4.78, 5) is 23.4. The number of hydrogen-bond donors (Lipinski definition) is 0. The predicted molar refractivity (Wildman–Crippen MR) is 114 cm³/mol. The van der Waals surface area contributed by atoms with Gasteiger partial charge in [-0.05, 0) is 86.9 Å². The highest BCUT2D eigenvalue weighted by molar-refractivity contribution is 5.72. The van der Waals surface area contributed by atoms with Gasteiger partial charge in [-0.2, -0.15) is 0 Å². The summed E-state index contributed by atoms with van der Waals surface area (Å²) < 4.78 is 11.5. The van der Waals surface area contributed by atoms with E-state index in [0.29, 0.717) is 12.3 Å². The van der Waals surface area contributed by atoms with E-state index >= 15 is 0 Å². The van der Waals surface area contributed by atoms with E-state index in [4.69, 9.17) is 9.47 Å². The van der Waals surface area contributed by atoms with Gasteiger partial charge in [0.1, 0.15) is 11.7 Å². The van der Waals surface area contributed by atoms with Crippen molar-refractivity contribution >= 4 is 11.9 Å². The monoisotopic (exact) mass is 414 g/mol. The van der Waals surface area contributed by atoms with Crippen molar-refractivity contribution < 1.29 is 19.1 Å². The summed E-state index contributed by atoms with van der Waals surface area (Å²) in [5.41, 5.74) is 1.85. The van der Waals surface area contributed by atoms with Gasteiger partial charge in [-0.25, -0.2) is 0 Å². The number of hydrogen-bond acceptors (Lipinski definition) is 4. The standard InChI is InChI=1S/C26H38O4/c1-16(27)29-18-9-12-24(2)17(15-18)5-6-19-20-7-8-22(25(20,3)13-10-21(19)24)26(4)14-11-23(28)30-26/h5,18-22H,6-15H2,1-4H3/t18?,19?,20?,21?,22?,24-,25-,26+/m0/s1. The lowest BCUT2D eigenvalue weighted by atomic mass is 9.46. The van der Waals surface area contributed by atoms with E-state index in [2.05, 4.69) is 26.8 Å². The van der Waals surface area contributed by atoms with Crippen LogP contribution in [-0.4, -0.2) is 23.6 Å². The van der Waals surface area contributed by atoms with Crippen molar-refractivity contribution in [1.29, 1.82) is 0 Å². The van der Waals surface area contributed by atoms with E-state index in [1.54, 1.807) is 5.57 Å². The minimum Gasteiger partial charge on any atom is -0.462 e. The van der Waals surface area contributed by atoms with Crippen LogP contribution < -0.4 is 0 Å². The second-order valence-electron chi connectivity index (χ2n) is 11.7. The molecule has 1 heterocycles. The molecule has 0 aromatic heterocycles. The first-order chi connectivity index (χ1) is 14.2. The van der Waals surface area contributed by atoms with Crippen LogP contribution in [0.3, 0.4) is 0 Å². The van der Waals surface area contributed by atoms with Crippen LogP contribution in [0, 0.1) is 34.5 Å². The summed E-state index contributed by atoms with van der Waals surface area (Å²) in [6, 6.07) is 0. The normalized spacial score (nSPS) is 50.1. The molecule has 0 radical (unpaired) electrons. The molecular weight excluding hydrogens is 376 g/mol. The lowest BCUT2D eigenvalue weighted by Gasteiger charge is -2.59. The van der Waals surface area contributed by atoms with Gasteiger partial charge in [0.15, 0.2) is 0 Å². The van der Waals surface area contributed by atoms with Crippen molar-refractivity contribution in [3.05, 3.63) is 11.6 Å². The molecule has 1 aliphatic heterocycles. The number of carbonyl (C=O) groups is 2. The average molecular weight is 415 g/mol. The zero-order valence-corrected chi connectivity index (χ0v) is 19.2. The lowest BCUT2D eigenvalue weighted by molar-refractivity contribution is -0.159. The Morgan fingerprint density at radius 3 is 2.57 bits per heavy atom. The number of fused-ring (bicyclic) bond motifs is 5. The second-order valence-corrected chi connectivity index (χ2v) is 11.7. The second kappa shape index (κ2) is 6.84. The first-order valence-electron chi connectivity index (χ1n) is 12.2. The SMILES string of the molecule is CC(=O)OC1CC[C@@]2(C)C(=CCC3C4CCC([C@@]5(C)CCC(=O)O5)[C@@]4(C)CCC32)C1. The van der Waals surface area contributed by atoms with Gasteiger partial charge < -0.3 is 9.47 Å². The molecule has 0 bridgehead atoms. The first-order valence-corrected chi connectivity index (χ1v) is 12.2. The fraction of sp³-hybridized carbons (Fsp3) is 0.846. The third-order valence-corrected chi connectivity index (χ3v) is 10.3. The highest BCUT2D eigenvalue weighted by atomic mass is 16.6. The molecule has 1 saturated heterocycles. The summed E-state index contributed by atoms with van der Waals surface area (Å²) in [6.45, 7) is 8.75. The van der Waals surface area contributed by atoms with Crippen LogP contribution in [0.2, 0.25) is 0 Å². The molecule has 3 saturated carbocycles. The predicted octanol–water partition coefficient (Wildman–Crippen LogP) is 5.59. The third-order valence-electron chi connectivity index (χ3n) is 10.3. The molecule has 0 amide bonds. The smallest absolute Gasteiger partial charge is 0.306 e. The highest BCUT2D eigenvalue weighted by Gasteiger charge is 2.63. The van der Waals surface area contributed by atoms with Gasteiger partial charge in [-0.15, -0.1) is 0 Å². The third kappa shape index (κ3) is 2.92. The molecule has 0 aromatic carbocycles. The van der Waals surface area contributed by atoms with Crippen LogP contribution in [0.1, 0.15) is 91.9 Å². The van der Waals surface area contributed by atoms with E-state index in [-0.39, 0.29) is 34.5 Å². The van der Waals surface area contributed by atoms with Crippen LogP contribution in [-0.2, 0) is 19.1 Å². The highest BCUT2D eigenvalue weighted by Crippen LogP contribution is 2.68. The van der Waals surface area contributed by atoms with Gasteiger partial charge in [0.25, 0.3) is 0 Å². The fourth-order valence-electron chi connectivity index (χ4n) is 8.92. The summed E-state index contributed by atoms with van der Waals surface area (Å²) in [5, 5.41) is 0. The van der Waals surface area contributed by atoms with E-state index in [1.807, 2.05) is 0 Å². The maximum absolute atomic E-state index is 11.9. The molecule has 0 spiro atoms. The molecule has 30 heavy (non-hydrogen) atoms. The molecular formula is C26H38O4. The molecule has 4 aliphatic carbocycles. The molecule has 5 aliphatic rings. The Bertz CT molecular complexity index is 786. The van der Waals surface area contributed by atoms with Gasteiger partial charge in [0.2, 0.25) is 0 Å². The summed E-state index contributed by atoms with van der Waals surface area (Å²) >= 11 is 0. The van der Waals surface area contributed by atoms with Crippen molar-refractivity contribution in [2.45, 2.75) is 104 Å². The Hall–Kier alpha value is -1.32. The maximum atomic E-state index is 11.9. The van der Waals surface area contributed by atoms with Crippen molar-refractivity contribution in [1.82, 2.24) is 0 Å². The van der Waals surface area contributed by atoms with Gasteiger partial charge in [-0.3, -0.25) is 9.59 Å². The van der Waals surface area contributed by atoms with Crippen molar-refractivity contribution in [2.75, 3.05) is 0 Å². The van der Waals surface area contributed by atoms with Crippen LogP contribution in [0.4, 0.5) is 0 Å². The van der Waals surface area contributed by atoms with Crippen LogP contribution in [0.15, 0.2) is 11.6 Å². The molecule has 0 aromatic rings. The molecule has 4 nitrogen and oxygen atoms in total. The summed E-state index contributed by atoms with van der Waals surface area (Å²) in [7, 11) is 0. The lowest BCUT2D eigenvalue weighted by Crippen LogP contribution is -2.53. The fourth-order valence-corrected chi connectivity index (χ4v) is 8.92. The van der Waals surface area contributed by atoms with Gasteiger partial charge in [0.05, 0.1) is 0 Å². The first kappa shape index (κ1) is 20.6. The van der Waals surface area contributed by atoms with Gasteiger partial charge in [0, 0.05) is 25.7 Å². The minimum absolute atomic E-state index is 0.000489. The number of cyclic esters (lactones) is 1. The Balaban J connectivity index is 1.39. The zero-order valence-electron chi connectivity index (χ0n) is 19.2. The number of esters is 2. The van der Waals surface area contributed by atoms with E-state index in [0.717, 1.165) is 43.4 Å². The number of carbonyl (C=O) groups excluding carboxylic acids is 2. The van der Waals surface area contributed by atoms with Crippen molar-refractivity contribution in [3.63, 3.8) is 0 Å². The van der Waals surface area contributed by atoms with E-state index in [9.17, 15) is 9.59 Å². The molecule has 166 valence electrons. The van der Waals surface area contributed by atoms with E-state index in [1.165, 1.54) is 39.0 Å². The van der Waals surface area contributed by atoms with Crippen LogP contribution in [0.5, 0.6) is 0 Å². The maximum Gasteiger partial charge on any atom is 0.306 e. The summed E-state index contributed by atoms with van der Waals surface area (Å²) in [6.07, 6.45) is 13.3. The quantitative estimate of drug-likeness (QED) is 0.436. The van der Waals surface area contributed by atoms with Crippen molar-refractivity contribution in [2.24, 2.45) is 34.5 Å². The molecule has 4 heteroatoms.